The van der Waals surface area contributed by atoms with Crippen molar-refractivity contribution in [2.24, 2.45) is 11.7 Å². The molecule has 1 aliphatic heterocycles. The van der Waals surface area contributed by atoms with Gasteiger partial charge in [0, 0.05) is 5.56 Å². The zero-order chi connectivity index (χ0) is 12.1. The smallest absolute Gasteiger partial charge is 0.248 e. The van der Waals surface area contributed by atoms with Crippen molar-refractivity contribution in [3.8, 4) is 0 Å². The van der Waals surface area contributed by atoms with Crippen LogP contribution in [-0.4, -0.2) is 19.0 Å². The minimum absolute atomic E-state index is 0. The summed E-state index contributed by atoms with van der Waals surface area (Å²) in [6.45, 7) is 2.32. The molecule has 0 unspecified atom stereocenters. The molecule has 0 bridgehead atoms. The van der Waals surface area contributed by atoms with Gasteiger partial charge in [0.25, 0.3) is 0 Å². The van der Waals surface area contributed by atoms with E-state index in [1.165, 1.54) is 24.8 Å². The molecule has 0 radical (unpaired) electrons. The zero-order valence-corrected chi connectivity index (χ0v) is 11.3. The van der Waals surface area contributed by atoms with Crippen molar-refractivity contribution in [3.63, 3.8) is 0 Å². The Bertz CT molecular complexity index is 372. The SMILES string of the molecule is Cl.NC(=O)c1ccc(CCC2CCNCC2)cc1. The highest BCUT2D eigenvalue weighted by Gasteiger charge is 2.12. The molecule has 1 aromatic carbocycles. The van der Waals surface area contributed by atoms with Crippen LogP contribution in [0.25, 0.3) is 0 Å². The number of carbonyl (C=O) groups excluding carboxylic acids is 1. The molecule has 1 heterocycles. The number of rotatable bonds is 4. The highest BCUT2D eigenvalue weighted by atomic mass is 35.5. The molecule has 1 saturated heterocycles. The number of hydrogen-bond donors (Lipinski definition) is 2. The van der Waals surface area contributed by atoms with Gasteiger partial charge in [-0.3, -0.25) is 4.79 Å². The van der Waals surface area contributed by atoms with E-state index in [4.69, 9.17) is 5.73 Å². The van der Waals surface area contributed by atoms with Gasteiger partial charge in [-0.2, -0.15) is 0 Å². The minimum Gasteiger partial charge on any atom is -0.366 e. The monoisotopic (exact) mass is 268 g/mol. The van der Waals surface area contributed by atoms with Gasteiger partial charge in [0.05, 0.1) is 0 Å². The quantitative estimate of drug-likeness (QED) is 0.879. The molecule has 3 nitrogen and oxygen atoms in total. The lowest BCUT2D eigenvalue weighted by atomic mass is 9.91. The first kappa shape index (κ1) is 15.0. The van der Waals surface area contributed by atoms with Crippen LogP contribution in [0.3, 0.4) is 0 Å². The zero-order valence-electron chi connectivity index (χ0n) is 10.5. The molecule has 1 aliphatic rings. The van der Waals surface area contributed by atoms with Gasteiger partial charge in [-0.15, -0.1) is 12.4 Å². The maximum Gasteiger partial charge on any atom is 0.248 e. The van der Waals surface area contributed by atoms with Gasteiger partial charge in [0.1, 0.15) is 0 Å². The predicted octanol–water partition coefficient (Wildman–Crippen LogP) is 2.14. The standard InChI is InChI=1S/C14H20N2O.ClH/c15-14(17)13-5-3-11(4-6-13)1-2-12-7-9-16-10-8-12;/h3-6,12,16H,1-2,7-10H2,(H2,15,17);1H. The Kier molecular flexibility index (Phi) is 6.16. The summed E-state index contributed by atoms with van der Waals surface area (Å²) in [6.07, 6.45) is 4.93. The Balaban J connectivity index is 0.00000162. The topological polar surface area (TPSA) is 55.1 Å². The Labute approximate surface area is 115 Å². The highest BCUT2D eigenvalue weighted by molar-refractivity contribution is 5.92. The average Bonchev–Trinajstić information content (AvgIpc) is 2.38. The highest BCUT2D eigenvalue weighted by Crippen LogP contribution is 2.18. The summed E-state index contributed by atoms with van der Waals surface area (Å²) in [5.74, 6) is 0.502. The lowest BCUT2D eigenvalue weighted by Crippen LogP contribution is -2.27. The van der Waals surface area contributed by atoms with Crippen molar-refractivity contribution in [1.82, 2.24) is 5.32 Å². The van der Waals surface area contributed by atoms with Crippen LogP contribution in [0, 0.1) is 5.92 Å². The number of halogens is 1. The Morgan fingerprint density at radius 1 is 1.22 bits per heavy atom. The molecule has 4 heteroatoms. The van der Waals surface area contributed by atoms with Crippen LogP contribution in [-0.2, 0) is 6.42 Å². The first-order valence-corrected chi connectivity index (χ1v) is 6.35. The number of amides is 1. The Morgan fingerprint density at radius 3 is 2.39 bits per heavy atom. The molecule has 1 amide bonds. The molecule has 0 spiro atoms. The van der Waals surface area contributed by atoms with Gasteiger partial charge in [0.15, 0.2) is 0 Å². The number of piperidine rings is 1. The van der Waals surface area contributed by atoms with Gasteiger partial charge in [-0.05, 0) is 62.4 Å². The van der Waals surface area contributed by atoms with Crippen LogP contribution in [0.2, 0.25) is 0 Å². The van der Waals surface area contributed by atoms with Gasteiger partial charge < -0.3 is 11.1 Å². The second kappa shape index (κ2) is 7.39. The summed E-state index contributed by atoms with van der Waals surface area (Å²) in [5, 5.41) is 3.38. The van der Waals surface area contributed by atoms with E-state index >= 15 is 0 Å². The number of aryl methyl sites for hydroxylation is 1. The third-order valence-corrected chi connectivity index (χ3v) is 3.54. The molecule has 0 aliphatic carbocycles. The van der Waals surface area contributed by atoms with Crippen molar-refractivity contribution in [1.29, 1.82) is 0 Å². The van der Waals surface area contributed by atoms with Crippen LogP contribution in [0.1, 0.15) is 35.2 Å². The Morgan fingerprint density at radius 2 is 1.83 bits per heavy atom. The summed E-state index contributed by atoms with van der Waals surface area (Å²) >= 11 is 0. The van der Waals surface area contributed by atoms with Crippen LogP contribution >= 0.6 is 12.4 Å². The molecule has 0 atom stereocenters. The number of nitrogens with two attached hydrogens (primary N) is 1. The van der Waals surface area contributed by atoms with Gasteiger partial charge in [-0.1, -0.05) is 12.1 Å². The Hall–Kier alpha value is -1.06. The molecule has 0 aromatic heterocycles. The molecule has 18 heavy (non-hydrogen) atoms. The van der Waals surface area contributed by atoms with Gasteiger partial charge in [-0.25, -0.2) is 0 Å². The van der Waals surface area contributed by atoms with E-state index in [9.17, 15) is 4.79 Å². The van der Waals surface area contributed by atoms with Crippen molar-refractivity contribution >= 4 is 18.3 Å². The van der Waals surface area contributed by atoms with Gasteiger partial charge in [0.2, 0.25) is 5.91 Å². The average molecular weight is 269 g/mol. The fraction of sp³-hybridized carbons (Fsp3) is 0.500. The maximum absolute atomic E-state index is 10.9. The molecular formula is C14H21ClN2O. The summed E-state index contributed by atoms with van der Waals surface area (Å²) in [4.78, 5) is 10.9. The molecule has 0 saturated carbocycles. The summed E-state index contributed by atoms with van der Waals surface area (Å²) in [5.41, 5.74) is 7.10. The first-order chi connectivity index (χ1) is 8.25. The number of carbonyl (C=O) groups is 1. The van der Waals surface area contributed by atoms with E-state index in [0.717, 1.165) is 25.4 Å². The lowest BCUT2D eigenvalue weighted by Gasteiger charge is -2.22. The predicted molar refractivity (Wildman–Crippen MR) is 76.1 cm³/mol. The third-order valence-electron chi connectivity index (χ3n) is 3.54. The molecule has 3 N–H and O–H groups in total. The molecule has 100 valence electrons. The lowest BCUT2D eigenvalue weighted by molar-refractivity contribution is 0.100. The number of primary amides is 1. The van der Waals surface area contributed by atoms with Gasteiger partial charge >= 0.3 is 0 Å². The summed E-state index contributed by atoms with van der Waals surface area (Å²) in [6, 6.07) is 7.67. The van der Waals surface area contributed by atoms with E-state index in [0.29, 0.717) is 5.56 Å². The number of benzene rings is 1. The molecule has 2 rings (SSSR count). The van der Waals surface area contributed by atoms with Crippen molar-refractivity contribution in [2.45, 2.75) is 25.7 Å². The van der Waals surface area contributed by atoms with E-state index in [2.05, 4.69) is 5.32 Å². The first-order valence-electron chi connectivity index (χ1n) is 6.35. The fourth-order valence-electron chi connectivity index (χ4n) is 2.38. The second-order valence-corrected chi connectivity index (χ2v) is 4.79. The van der Waals surface area contributed by atoms with Crippen LogP contribution < -0.4 is 11.1 Å². The summed E-state index contributed by atoms with van der Waals surface area (Å²) in [7, 11) is 0. The number of nitrogens with one attached hydrogen (secondary N) is 1. The van der Waals surface area contributed by atoms with E-state index in [1.54, 1.807) is 0 Å². The molecule has 1 aromatic rings. The molecular weight excluding hydrogens is 248 g/mol. The normalized spacial score (nSPS) is 16.0. The molecule has 1 fully saturated rings. The van der Waals surface area contributed by atoms with Crippen molar-refractivity contribution in [2.75, 3.05) is 13.1 Å². The number of hydrogen-bond acceptors (Lipinski definition) is 2. The van der Waals surface area contributed by atoms with Crippen LogP contribution in [0.5, 0.6) is 0 Å². The van der Waals surface area contributed by atoms with E-state index in [1.807, 2.05) is 24.3 Å². The van der Waals surface area contributed by atoms with Crippen LogP contribution in [0.4, 0.5) is 0 Å². The third kappa shape index (κ3) is 4.31. The summed E-state index contributed by atoms with van der Waals surface area (Å²) < 4.78 is 0. The maximum atomic E-state index is 10.9. The second-order valence-electron chi connectivity index (χ2n) is 4.79. The van der Waals surface area contributed by atoms with Crippen LogP contribution in [0.15, 0.2) is 24.3 Å². The van der Waals surface area contributed by atoms with E-state index in [-0.39, 0.29) is 18.3 Å². The van der Waals surface area contributed by atoms with Crippen molar-refractivity contribution < 1.29 is 4.79 Å². The van der Waals surface area contributed by atoms with E-state index < -0.39 is 0 Å². The largest absolute Gasteiger partial charge is 0.366 e. The van der Waals surface area contributed by atoms with Crippen molar-refractivity contribution in [3.05, 3.63) is 35.4 Å². The minimum atomic E-state index is -0.352. The fourth-order valence-corrected chi connectivity index (χ4v) is 2.38.